The third-order valence-electron chi connectivity index (χ3n) is 5.75. The molecule has 0 saturated carbocycles. The molecule has 174 valence electrons. The summed E-state index contributed by atoms with van der Waals surface area (Å²) >= 11 is 0. The van der Waals surface area contributed by atoms with Crippen LogP contribution >= 0.6 is 0 Å². The first kappa shape index (κ1) is 22.6. The topological polar surface area (TPSA) is 103 Å². The van der Waals surface area contributed by atoms with Crippen molar-refractivity contribution in [1.29, 1.82) is 5.26 Å². The van der Waals surface area contributed by atoms with Crippen LogP contribution < -0.4 is 16.0 Å². The fourth-order valence-corrected chi connectivity index (χ4v) is 3.81. The van der Waals surface area contributed by atoms with E-state index >= 15 is 0 Å². The van der Waals surface area contributed by atoms with Crippen molar-refractivity contribution in [2.75, 3.05) is 16.0 Å². The van der Waals surface area contributed by atoms with Crippen molar-refractivity contribution in [1.82, 2.24) is 9.97 Å². The van der Waals surface area contributed by atoms with Crippen LogP contribution in [-0.2, 0) is 0 Å². The van der Waals surface area contributed by atoms with Gasteiger partial charge in [0.2, 0.25) is 0 Å². The number of carbonyl (C=O) groups is 1. The average Bonchev–Trinajstić information content (AvgIpc) is 2.91. The van der Waals surface area contributed by atoms with Gasteiger partial charge in [0, 0.05) is 58.0 Å². The molecule has 0 aliphatic carbocycles. The Labute approximate surface area is 208 Å². The lowest BCUT2D eigenvalue weighted by Crippen LogP contribution is -2.12. The van der Waals surface area contributed by atoms with Gasteiger partial charge in [-0.05, 0) is 85.3 Å². The third kappa shape index (κ3) is 4.98. The van der Waals surface area contributed by atoms with Crippen LogP contribution in [0.4, 0.5) is 28.4 Å². The van der Waals surface area contributed by atoms with Gasteiger partial charge in [0.1, 0.15) is 0 Å². The number of hydrogen-bond donors (Lipinski definition) is 3. The fraction of sp³-hybridized carbons (Fsp3) is 0.0345. The summed E-state index contributed by atoms with van der Waals surface area (Å²) in [6, 6.07) is 26.2. The molecule has 2 aromatic heterocycles. The number of benzene rings is 3. The van der Waals surface area contributed by atoms with Gasteiger partial charge in [0.25, 0.3) is 5.91 Å². The fourth-order valence-electron chi connectivity index (χ4n) is 3.81. The van der Waals surface area contributed by atoms with Crippen LogP contribution in [0.15, 0.2) is 97.5 Å². The van der Waals surface area contributed by atoms with Crippen molar-refractivity contribution in [2.24, 2.45) is 0 Å². The Morgan fingerprint density at radius 1 is 0.778 bits per heavy atom. The standard InChI is InChI=1S/C29H22N6O/c1-19-2-6-24(17-28(19)34-23-10-13-31-14-11-23)35-29(36)21-4-7-22(8-5-21)33-27-12-15-32-26-9-3-20(18-30)16-25(26)27/h2-17H,1H3,(H,31,34)(H,32,33)(H,35,36). The highest BCUT2D eigenvalue weighted by atomic mass is 16.1. The number of fused-ring (bicyclic) bond motifs is 1. The number of hydrogen-bond acceptors (Lipinski definition) is 6. The quantitative estimate of drug-likeness (QED) is 0.260. The minimum absolute atomic E-state index is 0.201. The molecule has 0 radical (unpaired) electrons. The molecule has 1 amide bonds. The smallest absolute Gasteiger partial charge is 0.255 e. The van der Waals surface area contributed by atoms with Crippen molar-refractivity contribution in [3.8, 4) is 6.07 Å². The Balaban J connectivity index is 1.30. The number of nitriles is 1. The molecule has 0 bridgehead atoms. The number of carbonyl (C=O) groups excluding carboxylic acids is 1. The van der Waals surface area contributed by atoms with Crippen molar-refractivity contribution in [2.45, 2.75) is 6.92 Å². The minimum atomic E-state index is -0.201. The van der Waals surface area contributed by atoms with E-state index in [1.165, 1.54) is 0 Å². The van der Waals surface area contributed by atoms with Gasteiger partial charge in [-0.2, -0.15) is 5.26 Å². The lowest BCUT2D eigenvalue weighted by Gasteiger charge is -2.13. The molecular formula is C29H22N6O. The van der Waals surface area contributed by atoms with Crippen LogP contribution in [0, 0.1) is 18.3 Å². The predicted molar refractivity (Wildman–Crippen MR) is 143 cm³/mol. The van der Waals surface area contributed by atoms with E-state index in [1.54, 1.807) is 36.8 Å². The number of rotatable bonds is 6. The summed E-state index contributed by atoms with van der Waals surface area (Å²) in [6.45, 7) is 2.01. The van der Waals surface area contributed by atoms with E-state index in [0.29, 0.717) is 16.8 Å². The molecule has 0 unspecified atom stereocenters. The van der Waals surface area contributed by atoms with E-state index in [1.807, 2.05) is 67.6 Å². The highest BCUT2D eigenvalue weighted by Gasteiger charge is 2.09. The van der Waals surface area contributed by atoms with Gasteiger partial charge in [-0.25, -0.2) is 0 Å². The Hall–Kier alpha value is -5.22. The number of nitrogens with one attached hydrogen (secondary N) is 3. The average molecular weight is 471 g/mol. The van der Waals surface area contributed by atoms with E-state index in [2.05, 4.69) is 32.0 Å². The Kier molecular flexibility index (Phi) is 6.24. The highest BCUT2D eigenvalue weighted by molar-refractivity contribution is 6.05. The third-order valence-corrected chi connectivity index (χ3v) is 5.75. The van der Waals surface area contributed by atoms with E-state index < -0.39 is 0 Å². The van der Waals surface area contributed by atoms with Crippen LogP contribution in [0.2, 0.25) is 0 Å². The van der Waals surface area contributed by atoms with Crippen molar-refractivity contribution in [3.63, 3.8) is 0 Å². The lowest BCUT2D eigenvalue weighted by molar-refractivity contribution is 0.102. The molecule has 36 heavy (non-hydrogen) atoms. The predicted octanol–water partition coefficient (Wildman–Crippen LogP) is 6.55. The van der Waals surface area contributed by atoms with Gasteiger partial charge >= 0.3 is 0 Å². The zero-order valence-electron chi connectivity index (χ0n) is 19.5. The van der Waals surface area contributed by atoms with Crippen LogP contribution in [0.1, 0.15) is 21.5 Å². The highest BCUT2D eigenvalue weighted by Crippen LogP contribution is 2.27. The van der Waals surface area contributed by atoms with Crippen molar-refractivity contribution in [3.05, 3.63) is 114 Å². The molecule has 0 atom stereocenters. The van der Waals surface area contributed by atoms with E-state index in [9.17, 15) is 10.1 Å². The molecule has 0 saturated heterocycles. The van der Waals surface area contributed by atoms with Crippen molar-refractivity contribution < 1.29 is 4.79 Å². The molecule has 0 spiro atoms. The maximum Gasteiger partial charge on any atom is 0.255 e. The SMILES string of the molecule is Cc1ccc(NC(=O)c2ccc(Nc3ccnc4ccc(C#N)cc34)cc2)cc1Nc1ccncc1. The Bertz CT molecular complexity index is 1590. The second kappa shape index (κ2) is 9.95. The summed E-state index contributed by atoms with van der Waals surface area (Å²) in [6.07, 6.45) is 5.17. The van der Waals surface area contributed by atoms with Gasteiger partial charge < -0.3 is 16.0 Å². The lowest BCUT2D eigenvalue weighted by atomic mass is 10.1. The maximum atomic E-state index is 12.9. The second-order valence-electron chi connectivity index (χ2n) is 8.25. The Morgan fingerprint density at radius 3 is 2.28 bits per heavy atom. The summed E-state index contributed by atoms with van der Waals surface area (Å²) in [5.41, 5.74) is 7.14. The van der Waals surface area contributed by atoms with Gasteiger partial charge in [-0.1, -0.05) is 6.07 Å². The first-order valence-corrected chi connectivity index (χ1v) is 11.3. The first-order chi connectivity index (χ1) is 17.6. The molecule has 3 aromatic carbocycles. The number of anilines is 5. The summed E-state index contributed by atoms with van der Waals surface area (Å²) in [5, 5.41) is 19.8. The number of amides is 1. The van der Waals surface area contributed by atoms with Crippen LogP contribution in [-0.4, -0.2) is 15.9 Å². The molecule has 0 aliphatic heterocycles. The molecular weight excluding hydrogens is 448 g/mol. The van der Waals surface area contributed by atoms with Gasteiger partial charge in [0.05, 0.1) is 17.1 Å². The van der Waals surface area contributed by atoms with Gasteiger partial charge in [-0.3, -0.25) is 14.8 Å². The number of pyridine rings is 2. The molecule has 0 fully saturated rings. The molecule has 2 heterocycles. The summed E-state index contributed by atoms with van der Waals surface area (Å²) in [4.78, 5) is 21.3. The van der Waals surface area contributed by atoms with Gasteiger partial charge in [-0.15, -0.1) is 0 Å². The number of aryl methyl sites for hydroxylation is 1. The Morgan fingerprint density at radius 2 is 1.50 bits per heavy atom. The summed E-state index contributed by atoms with van der Waals surface area (Å²) in [5.74, 6) is -0.201. The van der Waals surface area contributed by atoms with Gasteiger partial charge in [0.15, 0.2) is 0 Å². The maximum absolute atomic E-state index is 12.9. The van der Waals surface area contributed by atoms with Crippen LogP contribution in [0.25, 0.3) is 10.9 Å². The zero-order valence-corrected chi connectivity index (χ0v) is 19.5. The monoisotopic (exact) mass is 470 g/mol. The summed E-state index contributed by atoms with van der Waals surface area (Å²) in [7, 11) is 0. The molecule has 3 N–H and O–H groups in total. The van der Waals surface area contributed by atoms with E-state index in [4.69, 9.17) is 0 Å². The zero-order chi connectivity index (χ0) is 24.9. The van der Waals surface area contributed by atoms with E-state index in [0.717, 1.165) is 39.2 Å². The number of nitrogens with zero attached hydrogens (tertiary/aromatic N) is 3. The summed E-state index contributed by atoms with van der Waals surface area (Å²) < 4.78 is 0. The number of aromatic nitrogens is 2. The van der Waals surface area contributed by atoms with Crippen molar-refractivity contribution >= 4 is 45.2 Å². The van der Waals surface area contributed by atoms with E-state index in [-0.39, 0.29) is 5.91 Å². The molecule has 7 nitrogen and oxygen atoms in total. The molecule has 0 aliphatic rings. The molecule has 7 heteroatoms. The van der Waals surface area contributed by atoms with Crippen LogP contribution in [0.3, 0.4) is 0 Å². The largest absolute Gasteiger partial charge is 0.355 e. The minimum Gasteiger partial charge on any atom is -0.355 e. The molecule has 5 aromatic rings. The first-order valence-electron chi connectivity index (χ1n) is 11.3. The second-order valence-corrected chi connectivity index (χ2v) is 8.25. The normalized spacial score (nSPS) is 10.4. The molecule has 5 rings (SSSR count). The van der Waals surface area contributed by atoms with Crippen LogP contribution in [0.5, 0.6) is 0 Å².